The molecule has 0 fully saturated rings. The molecule has 0 aliphatic rings. The van der Waals surface area contributed by atoms with Gasteiger partial charge in [-0.25, -0.2) is 4.98 Å². The first kappa shape index (κ1) is 23.5. The number of fused-ring (bicyclic) bond motifs is 7. The molecular formula is C45H29N5. The van der Waals surface area contributed by atoms with Crippen LogP contribution in [0.5, 0.6) is 0 Å². The third-order valence-corrected chi connectivity index (χ3v) is 9.27. The summed E-state index contributed by atoms with van der Waals surface area (Å²) in [5, 5.41) is 3.97. The second-order valence-corrected chi connectivity index (χ2v) is 12.1. The van der Waals surface area contributed by atoms with Gasteiger partial charge in [-0.2, -0.15) is 9.97 Å². The summed E-state index contributed by atoms with van der Waals surface area (Å²) in [6.07, 6.45) is 0. The van der Waals surface area contributed by atoms with Crippen LogP contribution in [0.3, 0.4) is 0 Å². The molecule has 10 rings (SSSR count). The SMILES string of the molecule is [2H]c1c([2H])c([2H])c(-c2ccccc2-n2c3ccccc3c3ccc4c5ccccc5n(-c5nc(-c6ccccc6)nc(-c6ccccc6)n5)c4c32)c([2H])c1[2H]. The molecule has 0 atom stereocenters. The summed E-state index contributed by atoms with van der Waals surface area (Å²) >= 11 is 0. The fourth-order valence-electron chi connectivity index (χ4n) is 7.12. The second kappa shape index (κ2) is 11.4. The summed E-state index contributed by atoms with van der Waals surface area (Å²) in [6.45, 7) is 0. The Bertz CT molecular complexity index is 3070. The lowest BCUT2D eigenvalue weighted by molar-refractivity contribution is 0.953. The largest absolute Gasteiger partial charge is 0.307 e. The number of hydrogen-bond donors (Lipinski definition) is 0. The fourth-order valence-corrected chi connectivity index (χ4v) is 7.12. The summed E-state index contributed by atoms with van der Waals surface area (Å²) in [4.78, 5) is 15.3. The normalized spacial score (nSPS) is 13.0. The first-order valence-corrected chi connectivity index (χ1v) is 16.4. The monoisotopic (exact) mass is 644 g/mol. The van der Waals surface area contributed by atoms with E-state index >= 15 is 0 Å². The Morgan fingerprint density at radius 2 is 0.900 bits per heavy atom. The Labute approximate surface area is 295 Å². The lowest BCUT2D eigenvalue weighted by Crippen LogP contribution is -2.07. The smallest absolute Gasteiger partial charge is 0.238 e. The third kappa shape index (κ3) is 4.37. The lowest BCUT2D eigenvalue weighted by atomic mass is 10.0. The topological polar surface area (TPSA) is 48.5 Å². The van der Waals surface area contributed by atoms with E-state index in [1.807, 2.05) is 109 Å². The number of nitrogens with zero attached hydrogens (tertiary/aromatic N) is 5. The van der Waals surface area contributed by atoms with E-state index in [0.717, 1.165) is 54.7 Å². The zero-order valence-electron chi connectivity index (χ0n) is 31.6. The van der Waals surface area contributed by atoms with Gasteiger partial charge in [0.1, 0.15) is 0 Å². The molecule has 50 heavy (non-hydrogen) atoms. The molecule has 5 heteroatoms. The minimum absolute atomic E-state index is 0.137. The fraction of sp³-hybridized carbons (Fsp3) is 0. The Balaban J connectivity index is 1.38. The molecule has 234 valence electrons. The zero-order valence-corrected chi connectivity index (χ0v) is 26.6. The van der Waals surface area contributed by atoms with E-state index in [1.165, 1.54) is 0 Å². The third-order valence-electron chi connectivity index (χ3n) is 9.27. The molecule has 3 aromatic heterocycles. The van der Waals surface area contributed by atoms with Gasteiger partial charge in [0.15, 0.2) is 11.6 Å². The van der Waals surface area contributed by atoms with Crippen molar-refractivity contribution in [3.63, 3.8) is 0 Å². The number of rotatable bonds is 5. The Kier molecular flexibility index (Phi) is 5.35. The number of aromatic nitrogens is 5. The van der Waals surface area contributed by atoms with Crippen molar-refractivity contribution in [2.24, 2.45) is 0 Å². The van der Waals surface area contributed by atoms with Crippen molar-refractivity contribution in [2.45, 2.75) is 0 Å². The first-order valence-electron chi connectivity index (χ1n) is 18.9. The predicted molar refractivity (Wildman–Crippen MR) is 205 cm³/mol. The van der Waals surface area contributed by atoms with Gasteiger partial charge >= 0.3 is 0 Å². The maximum Gasteiger partial charge on any atom is 0.238 e. The van der Waals surface area contributed by atoms with Gasteiger partial charge in [0.25, 0.3) is 0 Å². The first-order chi connectivity index (χ1) is 26.9. The van der Waals surface area contributed by atoms with Crippen LogP contribution in [0, 0.1) is 0 Å². The van der Waals surface area contributed by atoms with Crippen molar-refractivity contribution in [3.05, 3.63) is 176 Å². The van der Waals surface area contributed by atoms with E-state index in [9.17, 15) is 0 Å². The van der Waals surface area contributed by atoms with Crippen LogP contribution in [0.1, 0.15) is 6.85 Å². The van der Waals surface area contributed by atoms with Gasteiger partial charge in [-0.3, -0.25) is 4.57 Å². The molecule has 5 nitrogen and oxygen atoms in total. The highest BCUT2D eigenvalue weighted by Gasteiger charge is 2.24. The van der Waals surface area contributed by atoms with Crippen molar-refractivity contribution >= 4 is 43.6 Å². The number of hydrogen-bond acceptors (Lipinski definition) is 3. The van der Waals surface area contributed by atoms with Crippen LogP contribution in [-0.4, -0.2) is 24.1 Å². The molecular weight excluding hydrogens is 611 g/mol. The Hall–Kier alpha value is -6.85. The molecule has 0 spiro atoms. The van der Waals surface area contributed by atoms with E-state index in [-0.39, 0.29) is 29.7 Å². The quantitative estimate of drug-likeness (QED) is 0.187. The van der Waals surface area contributed by atoms with Crippen LogP contribution in [0.4, 0.5) is 0 Å². The van der Waals surface area contributed by atoms with Crippen molar-refractivity contribution < 1.29 is 6.85 Å². The predicted octanol–water partition coefficient (Wildman–Crippen LogP) is 11.1. The molecule has 0 saturated heterocycles. The molecule has 0 radical (unpaired) electrons. The maximum absolute atomic E-state index is 8.95. The maximum atomic E-state index is 8.95. The second-order valence-electron chi connectivity index (χ2n) is 12.1. The van der Waals surface area contributed by atoms with Crippen LogP contribution < -0.4 is 0 Å². The molecule has 0 aliphatic carbocycles. The van der Waals surface area contributed by atoms with Gasteiger partial charge in [-0.05, 0) is 23.8 Å². The van der Waals surface area contributed by atoms with E-state index in [4.69, 9.17) is 21.8 Å². The summed E-state index contributed by atoms with van der Waals surface area (Å²) in [5.74, 6) is 1.52. The number of benzene rings is 7. The zero-order chi connectivity index (χ0) is 37.4. The van der Waals surface area contributed by atoms with Crippen molar-refractivity contribution in [2.75, 3.05) is 0 Å². The Morgan fingerprint density at radius 3 is 1.52 bits per heavy atom. The summed E-state index contributed by atoms with van der Waals surface area (Å²) < 4.78 is 47.4. The summed E-state index contributed by atoms with van der Waals surface area (Å²) in [7, 11) is 0. The van der Waals surface area contributed by atoms with Gasteiger partial charge in [-0.1, -0.05) is 158 Å². The highest BCUT2D eigenvalue weighted by molar-refractivity contribution is 6.23. The van der Waals surface area contributed by atoms with Crippen LogP contribution in [0.15, 0.2) is 176 Å². The Morgan fingerprint density at radius 1 is 0.400 bits per heavy atom. The van der Waals surface area contributed by atoms with Crippen LogP contribution in [0.2, 0.25) is 0 Å². The average Bonchev–Trinajstić information content (AvgIpc) is 3.76. The van der Waals surface area contributed by atoms with E-state index in [0.29, 0.717) is 28.8 Å². The number of para-hydroxylation sites is 3. The molecule has 7 aromatic carbocycles. The van der Waals surface area contributed by atoms with E-state index < -0.39 is 6.04 Å². The van der Waals surface area contributed by atoms with Crippen molar-refractivity contribution in [1.82, 2.24) is 24.1 Å². The van der Waals surface area contributed by atoms with Crippen LogP contribution in [-0.2, 0) is 0 Å². The van der Waals surface area contributed by atoms with Crippen molar-refractivity contribution in [1.29, 1.82) is 0 Å². The van der Waals surface area contributed by atoms with E-state index in [2.05, 4.69) is 45.5 Å². The minimum Gasteiger partial charge on any atom is -0.307 e. The van der Waals surface area contributed by atoms with Gasteiger partial charge in [0.2, 0.25) is 5.95 Å². The van der Waals surface area contributed by atoms with Gasteiger partial charge in [-0.15, -0.1) is 0 Å². The molecule has 0 N–H and O–H groups in total. The standard InChI is InChI=1S/C45H29N5/c1-4-16-30(17-5-1)33-22-10-13-25-38(33)49-39-26-14-11-23-34(39)36-28-29-37-35-24-12-15-27-40(35)50(42(37)41(36)49)45-47-43(31-18-6-2-7-19-31)46-44(48-45)32-20-8-3-9-21-32/h1-29H/i1D,4D,5D,16D,17D. The van der Waals surface area contributed by atoms with Gasteiger partial charge in [0, 0.05) is 38.2 Å². The molecule has 0 amide bonds. The van der Waals surface area contributed by atoms with Crippen LogP contribution in [0.25, 0.3) is 89.2 Å². The van der Waals surface area contributed by atoms with Gasteiger partial charge < -0.3 is 4.57 Å². The van der Waals surface area contributed by atoms with E-state index in [1.54, 1.807) is 0 Å². The molecule has 0 unspecified atom stereocenters. The minimum atomic E-state index is -0.429. The van der Waals surface area contributed by atoms with Crippen molar-refractivity contribution in [3.8, 4) is 45.5 Å². The molecule has 0 bridgehead atoms. The highest BCUT2D eigenvalue weighted by Crippen LogP contribution is 2.43. The van der Waals surface area contributed by atoms with Gasteiger partial charge in [0.05, 0.1) is 34.6 Å². The summed E-state index contributed by atoms with van der Waals surface area (Å²) in [6, 6.07) is 46.2. The molecule has 0 aliphatic heterocycles. The highest BCUT2D eigenvalue weighted by atomic mass is 15.2. The molecule has 3 heterocycles. The molecule has 0 saturated carbocycles. The van der Waals surface area contributed by atoms with Crippen LogP contribution >= 0.6 is 0 Å². The molecule has 10 aromatic rings. The lowest BCUT2D eigenvalue weighted by Gasteiger charge is -2.16. The summed E-state index contributed by atoms with van der Waals surface area (Å²) in [5.41, 5.74) is 6.55. The average molecular weight is 645 g/mol.